The number of para-hydroxylation sites is 1. The van der Waals surface area contributed by atoms with E-state index in [1.807, 2.05) is 36.4 Å². The standard InChI is InChI=1S/C16H13BrN2OS/c17-15-8-7-13(21)11-14(15)16(20)19(10-4-9-18)12-5-2-1-3-6-12/h1-3,5-8,11,21H,4,10H2. The van der Waals surface area contributed by atoms with Gasteiger partial charge in [0.2, 0.25) is 0 Å². The number of nitriles is 1. The van der Waals surface area contributed by atoms with Crippen LogP contribution in [0.1, 0.15) is 16.8 Å². The topological polar surface area (TPSA) is 44.1 Å². The van der Waals surface area contributed by atoms with Crippen molar-refractivity contribution in [1.82, 2.24) is 0 Å². The predicted octanol–water partition coefficient (Wildman–Crippen LogP) is 4.30. The maximum absolute atomic E-state index is 12.8. The second-order valence-electron chi connectivity index (χ2n) is 4.36. The number of hydrogen-bond donors (Lipinski definition) is 1. The van der Waals surface area contributed by atoms with Gasteiger partial charge in [-0.2, -0.15) is 5.26 Å². The molecule has 0 unspecified atom stereocenters. The first-order valence-corrected chi connectivity index (χ1v) is 7.60. The molecule has 0 radical (unpaired) electrons. The summed E-state index contributed by atoms with van der Waals surface area (Å²) in [5.41, 5.74) is 1.30. The Morgan fingerprint density at radius 1 is 1.24 bits per heavy atom. The van der Waals surface area contributed by atoms with Gasteiger partial charge in [0.05, 0.1) is 18.1 Å². The van der Waals surface area contributed by atoms with Gasteiger partial charge in [-0.25, -0.2) is 0 Å². The third-order valence-electron chi connectivity index (χ3n) is 2.94. The summed E-state index contributed by atoms with van der Waals surface area (Å²) in [7, 11) is 0. The van der Waals surface area contributed by atoms with E-state index in [0.717, 1.165) is 10.6 Å². The molecule has 3 nitrogen and oxygen atoms in total. The first kappa shape index (κ1) is 15.6. The second-order valence-corrected chi connectivity index (χ2v) is 5.74. The zero-order chi connectivity index (χ0) is 15.2. The Bertz CT molecular complexity index is 682. The molecule has 0 heterocycles. The molecule has 1 amide bonds. The van der Waals surface area contributed by atoms with Crippen molar-refractivity contribution in [1.29, 1.82) is 5.26 Å². The minimum atomic E-state index is -0.153. The summed E-state index contributed by atoms with van der Waals surface area (Å²) in [6.45, 7) is 0.350. The average molecular weight is 361 g/mol. The highest BCUT2D eigenvalue weighted by atomic mass is 79.9. The smallest absolute Gasteiger partial charge is 0.259 e. The monoisotopic (exact) mass is 360 g/mol. The minimum absolute atomic E-state index is 0.153. The highest BCUT2D eigenvalue weighted by Gasteiger charge is 2.19. The van der Waals surface area contributed by atoms with Gasteiger partial charge in [0.15, 0.2) is 0 Å². The molecule has 0 spiro atoms. The first-order chi connectivity index (χ1) is 10.1. The zero-order valence-electron chi connectivity index (χ0n) is 11.2. The number of carbonyl (C=O) groups is 1. The van der Waals surface area contributed by atoms with Crippen molar-refractivity contribution in [2.45, 2.75) is 11.3 Å². The summed E-state index contributed by atoms with van der Waals surface area (Å²) in [6, 6.07) is 16.7. The van der Waals surface area contributed by atoms with Crippen LogP contribution in [0.15, 0.2) is 57.9 Å². The average Bonchev–Trinajstić information content (AvgIpc) is 2.51. The van der Waals surface area contributed by atoms with E-state index >= 15 is 0 Å². The SMILES string of the molecule is N#CCCN(C(=O)c1cc(S)ccc1Br)c1ccccc1. The molecular formula is C16H13BrN2OS. The molecule has 0 aromatic heterocycles. The number of benzene rings is 2. The van der Waals surface area contributed by atoms with Crippen LogP contribution < -0.4 is 4.90 Å². The number of halogens is 1. The molecule has 21 heavy (non-hydrogen) atoms. The van der Waals surface area contributed by atoms with Crippen molar-refractivity contribution in [3.05, 3.63) is 58.6 Å². The maximum Gasteiger partial charge on any atom is 0.259 e. The molecule has 0 bridgehead atoms. The van der Waals surface area contributed by atoms with Gasteiger partial charge in [0.25, 0.3) is 5.91 Å². The molecule has 0 aliphatic rings. The molecule has 0 aliphatic heterocycles. The lowest BCUT2D eigenvalue weighted by Gasteiger charge is -2.22. The molecule has 5 heteroatoms. The third-order valence-corrected chi connectivity index (χ3v) is 3.91. The number of thiol groups is 1. The Morgan fingerprint density at radius 3 is 2.62 bits per heavy atom. The molecule has 2 aromatic rings. The molecule has 0 N–H and O–H groups in total. The van der Waals surface area contributed by atoms with E-state index < -0.39 is 0 Å². The van der Waals surface area contributed by atoms with E-state index in [2.05, 4.69) is 34.6 Å². The van der Waals surface area contributed by atoms with Crippen molar-refractivity contribution in [3.8, 4) is 6.07 Å². The van der Waals surface area contributed by atoms with Crippen molar-refractivity contribution < 1.29 is 4.79 Å². The fraction of sp³-hybridized carbons (Fsp3) is 0.125. The van der Waals surface area contributed by atoms with Crippen LogP contribution in [-0.2, 0) is 0 Å². The Labute approximate surface area is 137 Å². The van der Waals surface area contributed by atoms with Gasteiger partial charge in [-0.3, -0.25) is 4.79 Å². The maximum atomic E-state index is 12.8. The Morgan fingerprint density at radius 2 is 1.95 bits per heavy atom. The third kappa shape index (κ3) is 3.87. The highest BCUT2D eigenvalue weighted by molar-refractivity contribution is 9.10. The number of hydrogen-bond acceptors (Lipinski definition) is 3. The van der Waals surface area contributed by atoms with Crippen LogP contribution in [0.4, 0.5) is 5.69 Å². The fourth-order valence-electron chi connectivity index (χ4n) is 1.94. The van der Waals surface area contributed by atoms with Crippen molar-refractivity contribution in [2.24, 2.45) is 0 Å². The number of rotatable bonds is 4. The quantitative estimate of drug-likeness (QED) is 0.826. The van der Waals surface area contributed by atoms with Crippen molar-refractivity contribution in [3.63, 3.8) is 0 Å². The number of nitrogens with zero attached hydrogens (tertiary/aromatic N) is 2. The Balaban J connectivity index is 2.39. The molecule has 106 valence electrons. The Kier molecular flexibility index (Phi) is 5.43. The lowest BCUT2D eigenvalue weighted by molar-refractivity contribution is 0.0986. The first-order valence-electron chi connectivity index (χ1n) is 6.36. The van der Waals surface area contributed by atoms with Crippen LogP contribution in [0.3, 0.4) is 0 Å². The normalized spacial score (nSPS) is 9.95. The Hall–Kier alpha value is -1.77. The van der Waals surface area contributed by atoms with E-state index in [1.54, 1.807) is 17.0 Å². The van der Waals surface area contributed by atoms with E-state index in [-0.39, 0.29) is 12.3 Å². The number of amides is 1. The van der Waals surface area contributed by atoms with E-state index in [1.165, 1.54) is 0 Å². The molecule has 2 aromatic carbocycles. The van der Waals surface area contributed by atoms with Crippen LogP contribution in [-0.4, -0.2) is 12.5 Å². The van der Waals surface area contributed by atoms with Crippen molar-refractivity contribution >= 4 is 40.2 Å². The predicted molar refractivity (Wildman–Crippen MR) is 89.7 cm³/mol. The fourth-order valence-corrected chi connectivity index (χ4v) is 2.56. The molecular weight excluding hydrogens is 348 g/mol. The van der Waals surface area contributed by atoms with Gasteiger partial charge in [0.1, 0.15) is 0 Å². The zero-order valence-corrected chi connectivity index (χ0v) is 13.6. The minimum Gasteiger partial charge on any atom is -0.307 e. The summed E-state index contributed by atoms with van der Waals surface area (Å²) < 4.78 is 0.711. The van der Waals surface area contributed by atoms with Crippen LogP contribution in [0.5, 0.6) is 0 Å². The summed E-state index contributed by atoms with van der Waals surface area (Å²) in [4.78, 5) is 15.1. The second kappa shape index (κ2) is 7.30. The van der Waals surface area contributed by atoms with Gasteiger partial charge in [-0.1, -0.05) is 18.2 Å². The summed E-state index contributed by atoms with van der Waals surface area (Å²) in [5, 5.41) is 8.80. The van der Waals surface area contributed by atoms with E-state index in [0.29, 0.717) is 16.6 Å². The van der Waals surface area contributed by atoms with Gasteiger partial charge in [0, 0.05) is 21.6 Å². The molecule has 0 saturated carbocycles. The lowest BCUT2D eigenvalue weighted by atomic mass is 10.1. The van der Waals surface area contributed by atoms with Crippen molar-refractivity contribution in [2.75, 3.05) is 11.4 Å². The highest BCUT2D eigenvalue weighted by Crippen LogP contribution is 2.24. The van der Waals surface area contributed by atoms with Crippen LogP contribution in [0.2, 0.25) is 0 Å². The molecule has 0 atom stereocenters. The van der Waals surface area contributed by atoms with Gasteiger partial charge in [-0.05, 0) is 46.3 Å². The molecule has 0 fully saturated rings. The van der Waals surface area contributed by atoms with Crippen LogP contribution >= 0.6 is 28.6 Å². The summed E-state index contributed by atoms with van der Waals surface area (Å²) in [6.07, 6.45) is 0.277. The summed E-state index contributed by atoms with van der Waals surface area (Å²) >= 11 is 7.67. The molecule has 0 aliphatic carbocycles. The van der Waals surface area contributed by atoms with Gasteiger partial charge < -0.3 is 4.90 Å². The van der Waals surface area contributed by atoms with Gasteiger partial charge in [-0.15, -0.1) is 12.6 Å². The lowest BCUT2D eigenvalue weighted by Crippen LogP contribution is -2.32. The van der Waals surface area contributed by atoms with E-state index in [9.17, 15) is 4.79 Å². The van der Waals surface area contributed by atoms with Crippen LogP contribution in [0.25, 0.3) is 0 Å². The number of carbonyl (C=O) groups excluding carboxylic acids is 1. The van der Waals surface area contributed by atoms with Gasteiger partial charge >= 0.3 is 0 Å². The van der Waals surface area contributed by atoms with Crippen LogP contribution in [0, 0.1) is 11.3 Å². The van der Waals surface area contributed by atoms with E-state index in [4.69, 9.17) is 5.26 Å². The molecule has 0 saturated heterocycles. The largest absolute Gasteiger partial charge is 0.307 e. The molecule has 2 rings (SSSR count). The number of anilines is 1. The summed E-state index contributed by atoms with van der Waals surface area (Å²) in [5.74, 6) is -0.153.